The molecule has 1 aliphatic rings. The number of piperidine rings is 1. The molecule has 5 rings (SSSR count). The van der Waals surface area contributed by atoms with E-state index in [9.17, 15) is 9.90 Å². The third-order valence-corrected chi connectivity index (χ3v) is 8.43. The molecule has 1 aliphatic heterocycles. The Morgan fingerprint density at radius 2 is 1.75 bits per heavy atom. The normalized spacial score (nSPS) is 14.4. The van der Waals surface area contributed by atoms with Crippen molar-refractivity contribution < 1.29 is 19.4 Å². The van der Waals surface area contributed by atoms with E-state index in [0.717, 1.165) is 70.1 Å². The summed E-state index contributed by atoms with van der Waals surface area (Å²) in [6.45, 7) is 12.7. The number of aromatic nitrogens is 2. The number of nitrogens with one attached hydrogen (secondary N) is 3. The topological polar surface area (TPSA) is 121 Å². The van der Waals surface area contributed by atoms with E-state index in [1.54, 1.807) is 32.3 Å². The van der Waals surface area contributed by atoms with Crippen LogP contribution in [0.4, 0.5) is 33.6 Å². The number of hydrogen-bond donors (Lipinski definition) is 4. The summed E-state index contributed by atoms with van der Waals surface area (Å²) in [5, 5.41) is 23.4. The molecule has 2 aromatic heterocycles. The zero-order valence-electron chi connectivity index (χ0n) is 26.4. The van der Waals surface area contributed by atoms with Gasteiger partial charge in [-0.3, -0.25) is 0 Å². The number of anilines is 5. The van der Waals surface area contributed by atoms with Crippen LogP contribution in [0.2, 0.25) is 0 Å². The van der Waals surface area contributed by atoms with Crippen molar-refractivity contribution in [2.45, 2.75) is 71.6 Å². The van der Waals surface area contributed by atoms with Crippen LogP contribution < -0.4 is 25.6 Å². The van der Waals surface area contributed by atoms with E-state index in [1.165, 1.54) is 0 Å². The molecule has 0 radical (unpaired) electrons. The van der Waals surface area contributed by atoms with Gasteiger partial charge in [0, 0.05) is 36.6 Å². The molecule has 234 valence electrons. The number of benzene rings is 2. The van der Waals surface area contributed by atoms with Crippen molar-refractivity contribution in [3.05, 3.63) is 59.0 Å². The van der Waals surface area contributed by atoms with E-state index >= 15 is 0 Å². The van der Waals surface area contributed by atoms with Gasteiger partial charge in [-0.15, -0.1) is 11.3 Å². The highest BCUT2D eigenvalue weighted by Gasteiger charge is 2.25. The standard InChI is InChI=1S/C33H42N6O4S/c1-20-19-44-29-27(20)28(34-23-10-8-9-21(17-23)33(5,6)41)37-30(38-29)35-24-11-12-25(26(18-24)42-7)39-15-13-22(14-16-39)36-31(40)43-32(2,3)4/h8-12,17-19,22,41H,13-16H2,1-7H3,(H,36,40)(H2,34,35,37,38). The minimum atomic E-state index is -0.957. The molecule has 3 heterocycles. The first-order valence-corrected chi connectivity index (χ1v) is 15.7. The highest BCUT2D eigenvalue weighted by Crippen LogP contribution is 2.36. The second-order valence-corrected chi connectivity index (χ2v) is 13.5. The molecule has 2 aromatic carbocycles. The second kappa shape index (κ2) is 12.5. The molecule has 1 saturated heterocycles. The first-order chi connectivity index (χ1) is 20.8. The van der Waals surface area contributed by atoms with E-state index < -0.39 is 11.2 Å². The summed E-state index contributed by atoms with van der Waals surface area (Å²) < 4.78 is 11.2. The van der Waals surface area contributed by atoms with Gasteiger partial charge in [0.2, 0.25) is 5.95 Å². The summed E-state index contributed by atoms with van der Waals surface area (Å²) in [7, 11) is 1.67. The Morgan fingerprint density at radius 1 is 1.02 bits per heavy atom. The lowest BCUT2D eigenvalue weighted by Gasteiger charge is -2.35. The number of carbonyl (C=O) groups excluding carboxylic acids is 1. The average Bonchev–Trinajstić information content (AvgIpc) is 3.32. The van der Waals surface area contributed by atoms with Crippen LogP contribution in [-0.4, -0.2) is 53.0 Å². The Hall–Kier alpha value is -4.09. The number of carbonyl (C=O) groups is 1. The van der Waals surface area contributed by atoms with Crippen LogP contribution in [0.25, 0.3) is 10.2 Å². The lowest BCUT2D eigenvalue weighted by Crippen LogP contribution is -2.46. The largest absolute Gasteiger partial charge is 0.495 e. The Morgan fingerprint density at radius 3 is 2.43 bits per heavy atom. The van der Waals surface area contributed by atoms with Crippen molar-refractivity contribution in [3.8, 4) is 5.75 Å². The Balaban J connectivity index is 1.31. The van der Waals surface area contributed by atoms with Crippen molar-refractivity contribution in [1.29, 1.82) is 0 Å². The molecule has 4 N–H and O–H groups in total. The zero-order chi connectivity index (χ0) is 31.6. The molecule has 0 atom stereocenters. The number of thiophene rings is 1. The number of alkyl carbamates (subject to hydrolysis) is 1. The van der Waals surface area contributed by atoms with E-state index in [-0.39, 0.29) is 12.1 Å². The number of nitrogens with zero attached hydrogens (tertiary/aromatic N) is 3. The summed E-state index contributed by atoms with van der Waals surface area (Å²) >= 11 is 1.57. The quantitative estimate of drug-likeness (QED) is 0.162. The molecule has 1 fully saturated rings. The summed E-state index contributed by atoms with van der Waals surface area (Å²) in [6, 6.07) is 13.8. The Bertz CT molecular complexity index is 1630. The fraction of sp³-hybridized carbons (Fsp3) is 0.424. The van der Waals surface area contributed by atoms with Gasteiger partial charge in [-0.05, 0) is 95.2 Å². The predicted molar refractivity (Wildman–Crippen MR) is 178 cm³/mol. The summed E-state index contributed by atoms with van der Waals surface area (Å²) in [6.07, 6.45) is 1.25. The van der Waals surface area contributed by atoms with Gasteiger partial charge in [-0.1, -0.05) is 12.1 Å². The van der Waals surface area contributed by atoms with Gasteiger partial charge in [0.15, 0.2) is 0 Å². The predicted octanol–water partition coefficient (Wildman–Crippen LogP) is 7.22. The number of hydrogen-bond acceptors (Lipinski definition) is 10. The van der Waals surface area contributed by atoms with Crippen molar-refractivity contribution in [2.75, 3.05) is 35.7 Å². The molecule has 4 aromatic rings. The molecule has 0 spiro atoms. The highest BCUT2D eigenvalue weighted by atomic mass is 32.1. The molecule has 0 saturated carbocycles. The molecular weight excluding hydrogens is 576 g/mol. The van der Waals surface area contributed by atoms with Gasteiger partial charge in [-0.2, -0.15) is 4.98 Å². The van der Waals surface area contributed by atoms with Crippen molar-refractivity contribution in [3.63, 3.8) is 0 Å². The smallest absolute Gasteiger partial charge is 0.407 e. The molecule has 1 amide bonds. The van der Waals surface area contributed by atoms with Crippen LogP contribution >= 0.6 is 11.3 Å². The van der Waals surface area contributed by atoms with Gasteiger partial charge >= 0.3 is 6.09 Å². The zero-order valence-corrected chi connectivity index (χ0v) is 27.3. The van der Waals surface area contributed by atoms with E-state index in [4.69, 9.17) is 19.4 Å². The molecule has 0 aliphatic carbocycles. The van der Waals surface area contributed by atoms with Crippen LogP contribution in [0, 0.1) is 6.92 Å². The Labute approximate surface area is 262 Å². The van der Waals surface area contributed by atoms with Crippen LogP contribution in [0.3, 0.4) is 0 Å². The number of fused-ring (bicyclic) bond motifs is 1. The van der Waals surface area contributed by atoms with Gasteiger partial charge in [0.05, 0.1) is 23.8 Å². The van der Waals surface area contributed by atoms with E-state index in [1.807, 2.05) is 70.2 Å². The monoisotopic (exact) mass is 618 g/mol. The lowest BCUT2D eigenvalue weighted by molar-refractivity contribution is 0.0497. The fourth-order valence-electron chi connectivity index (χ4n) is 5.23. The Kier molecular flexibility index (Phi) is 8.90. The summed E-state index contributed by atoms with van der Waals surface area (Å²) in [4.78, 5) is 25.0. The molecule has 10 nitrogen and oxygen atoms in total. The van der Waals surface area contributed by atoms with Gasteiger partial charge < -0.3 is 35.4 Å². The van der Waals surface area contributed by atoms with E-state index in [0.29, 0.717) is 11.8 Å². The van der Waals surface area contributed by atoms with Crippen molar-refractivity contribution in [2.24, 2.45) is 0 Å². The molecule has 44 heavy (non-hydrogen) atoms. The number of aryl methyl sites for hydroxylation is 1. The van der Waals surface area contributed by atoms with Crippen LogP contribution in [0.1, 0.15) is 58.6 Å². The number of amides is 1. The van der Waals surface area contributed by atoms with Crippen LogP contribution in [-0.2, 0) is 10.3 Å². The number of methoxy groups -OCH3 is 1. The first kappa shape index (κ1) is 31.3. The molecule has 0 bridgehead atoms. The molecular formula is C33H42N6O4S. The third kappa shape index (κ3) is 7.51. The highest BCUT2D eigenvalue weighted by molar-refractivity contribution is 7.17. The van der Waals surface area contributed by atoms with Gasteiger partial charge in [0.25, 0.3) is 0 Å². The van der Waals surface area contributed by atoms with Gasteiger partial charge in [0.1, 0.15) is 22.0 Å². The maximum absolute atomic E-state index is 12.2. The first-order valence-electron chi connectivity index (χ1n) is 14.8. The van der Waals surface area contributed by atoms with E-state index in [2.05, 4.69) is 26.2 Å². The van der Waals surface area contributed by atoms with Crippen LogP contribution in [0.5, 0.6) is 5.75 Å². The van der Waals surface area contributed by atoms with Gasteiger partial charge in [-0.25, -0.2) is 9.78 Å². The lowest BCUT2D eigenvalue weighted by atomic mass is 9.98. The van der Waals surface area contributed by atoms with Crippen molar-refractivity contribution >= 4 is 56.5 Å². The number of rotatable bonds is 8. The minimum absolute atomic E-state index is 0.0707. The van der Waals surface area contributed by atoms with Crippen LogP contribution in [0.15, 0.2) is 47.8 Å². The average molecular weight is 619 g/mol. The SMILES string of the molecule is COc1cc(Nc2nc(Nc3cccc(C(C)(C)O)c3)c3c(C)csc3n2)ccc1N1CCC(NC(=O)OC(C)(C)C)CC1. The summed E-state index contributed by atoms with van der Waals surface area (Å²) in [5.74, 6) is 1.89. The fourth-order valence-corrected chi connectivity index (χ4v) is 6.15. The minimum Gasteiger partial charge on any atom is -0.495 e. The maximum atomic E-state index is 12.2. The number of ether oxygens (including phenoxy) is 2. The second-order valence-electron chi connectivity index (χ2n) is 12.7. The summed E-state index contributed by atoms with van der Waals surface area (Å²) in [5.41, 5.74) is 3.05. The number of aliphatic hydroxyl groups is 1. The maximum Gasteiger partial charge on any atom is 0.407 e. The van der Waals surface area contributed by atoms with Crippen molar-refractivity contribution in [1.82, 2.24) is 15.3 Å². The third-order valence-electron chi connectivity index (χ3n) is 7.44. The molecule has 0 unspecified atom stereocenters. The molecule has 11 heteroatoms.